The maximum Gasteiger partial charge on any atom is 0.326 e. The Morgan fingerprint density at radius 2 is 1.85 bits per heavy atom. The Hall–Kier alpha value is -1.86. The van der Waals surface area contributed by atoms with Crippen LogP contribution >= 0.6 is 46.1 Å². The Balaban J connectivity index is 2.14. The number of benzene rings is 2. The van der Waals surface area contributed by atoms with Gasteiger partial charge in [-0.2, -0.15) is 4.99 Å². The number of hydrogen-bond donors (Lipinski definition) is 0. The lowest BCUT2D eigenvalue weighted by Crippen LogP contribution is -2.23. The Morgan fingerprint density at radius 3 is 2.52 bits per heavy atom. The molecule has 0 aliphatic rings. The van der Waals surface area contributed by atoms with Crippen LogP contribution in [0.3, 0.4) is 0 Å². The molecule has 0 N–H and O–H groups in total. The van der Waals surface area contributed by atoms with Crippen LogP contribution in [0.15, 0.2) is 41.4 Å². The van der Waals surface area contributed by atoms with Crippen molar-refractivity contribution in [3.05, 3.63) is 61.8 Å². The second-order valence-corrected chi connectivity index (χ2v) is 7.73. The van der Waals surface area contributed by atoms with Gasteiger partial charge in [-0.15, -0.1) is 0 Å². The number of rotatable bonds is 4. The van der Waals surface area contributed by atoms with Crippen molar-refractivity contribution >= 4 is 68.2 Å². The van der Waals surface area contributed by atoms with Crippen LogP contribution in [-0.4, -0.2) is 23.1 Å². The molecule has 0 spiro atoms. The van der Waals surface area contributed by atoms with Crippen LogP contribution in [0.25, 0.3) is 10.2 Å². The summed E-state index contributed by atoms with van der Waals surface area (Å²) in [6.07, 6.45) is 0. The molecule has 5 nitrogen and oxygen atoms in total. The van der Waals surface area contributed by atoms with Gasteiger partial charge in [0.15, 0.2) is 4.80 Å². The number of amides is 1. The van der Waals surface area contributed by atoms with Crippen LogP contribution in [0.5, 0.6) is 0 Å². The molecule has 27 heavy (non-hydrogen) atoms. The molecule has 3 rings (SSSR count). The van der Waals surface area contributed by atoms with E-state index in [1.54, 1.807) is 23.6 Å². The molecular formula is C18H13Cl3N2O3S. The fraction of sp³-hybridized carbons (Fsp3) is 0.167. The van der Waals surface area contributed by atoms with Crippen LogP contribution in [0, 0.1) is 0 Å². The molecule has 0 bridgehead atoms. The molecule has 9 heteroatoms. The van der Waals surface area contributed by atoms with Crippen molar-refractivity contribution in [1.29, 1.82) is 0 Å². The van der Waals surface area contributed by atoms with Crippen molar-refractivity contribution in [2.75, 3.05) is 6.61 Å². The maximum atomic E-state index is 12.6. The minimum atomic E-state index is -0.528. The average molecular weight is 444 g/mol. The van der Waals surface area contributed by atoms with Crippen molar-refractivity contribution < 1.29 is 14.3 Å². The van der Waals surface area contributed by atoms with E-state index < -0.39 is 11.9 Å². The third-order valence-corrected chi connectivity index (χ3v) is 5.34. The second-order valence-electron chi connectivity index (χ2n) is 5.44. The predicted molar refractivity (Wildman–Crippen MR) is 108 cm³/mol. The number of halogens is 3. The number of para-hydroxylation sites is 1. The van der Waals surface area contributed by atoms with Crippen molar-refractivity contribution in [3.8, 4) is 0 Å². The lowest BCUT2D eigenvalue weighted by molar-refractivity contribution is -0.143. The molecular weight excluding hydrogens is 431 g/mol. The number of fused-ring (bicyclic) bond motifs is 1. The molecule has 140 valence electrons. The fourth-order valence-electron chi connectivity index (χ4n) is 2.48. The number of ether oxygens (including phenoxy) is 1. The molecule has 1 heterocycles. The first kappa shape index (κ1) is 19.9. The number of carbonyl (C=O) groups excluding carboxylic acids is 2. The molecule has 0 unspecified atom stereocenters. The lowest BCUT2D eigenvalue weighted by Gasteiger charge is -2.06. The molecule has 0 aliphatic heterocycles. The van der Waals surface area contributed by atoms with E-state index in [4.69, 9.17) is 39.5 Å². The first-order chi connectivity index (χ1) is 12.9. The first-order valence-electron chi connectivity index (χ1n) is 7.87. The van der Waals surface area contributed by atoms with Crippen LogP contribution < -0.4 is 4.80 Å². The molecule has 0 saturated carbocycles. The number of aromatic nitrogens is 1. The lowest BCUT2D eigenvalue weighted by atomic mass is 10.2. The highest BCUT2D eigenvalue weighted by molar-refractivity contribution is 7.16. The van der Waals surface area contributed by atoms with Crippen LogP contribution in [0.4, 0.5) is 0 Å². The van der Waals surface area contributed by atoms with Gasteiger partial charge in [-0.05, 0) is 37.3 Å². The summed E-state index contributed by atoms with van der Waals surface area (Å²) in [6.45, 7) is 1.86. The van der Waals surface area contributed by atoms with Gasteiger partial charge in [0.2, 0.25) is 0 Å². The Morgan fingerprint density at radius 1 is 1.15 bits per heavy atom. The van der Waals surface area contributed by atoms with Gasteiger partial charge in [0, 0.05) is 15.6 Å². The van der Waals surface area contributed by atoms with E-state index >= 15 is 0 Å². The third kappa shape index (κ3) is 4.52. The summed E-state index contributed by atoms with van der Waals surface area (Å²) < 4.78 is 7.39. The quantitative estimate of drug-likeness (QED) is 0.535. The van der Waals surface area contributed by atoms with Gasteiger partial charge in [-0.1, -0.05) is 52.2 Å². The fourth-order valence-corrected chi connectivity index (χ4v) is 4.40. The van der Waals surface area contributed by atoms with Gasteiger partial charge in [0.1, 0.15) is 6.54 Å². The van der Waals surface area contributed by atoms with E-state index in [1.807, 2.05) is 6.07 Å². The number of hydrogen-bond acceptors (Lipinski definition) is 4. The van der Waals surface area contributed by atoms with Crippen molar-refractivity contribution in [1.82, 2.24) is 4.57 Å². The molecule has 1 amide bonds. The van der Waals surface area contributed by atoms with E-state index in [0.29, 0.717) is 25.4 Å². The normalized spacial score (nSPS) is 11.8. The zero-order valence-corrected chi connectivity index (χ0v) is 17.1. The topological polar surface area (TPSA) is 60.7 Å². The highest BCUT2D eigenvalue weighted by Gasteiger charge is 2.15. The maximum absolute atomic E-state index is 12.6. The molecule has 0 atom stereocenters. The van der Waals surface area contributed by atoms with Gasteiger partial charge in [0.05, 0.1) is 21.8 Å². The molecule has 0 fully saturated rings. The van der Waals surface area contributed by atoms with Gasteiger partial charge in [-0.25, -0.2) is 0 Å². The monoisotopic (exact) mass is 442 g/mol. The van der Waals surface area contributed by atoms with Crippen LogP contribution in [0.2, 0.25) is 15.1 Å². The van der Waals surface area contributed by atoms with Crippen LogP contribution in [-0.2, 0) is 16.1 Å². The molecule has 0 saturated heterocycles. The van der Waals surface area contributed by atoms with Gasteiger partial charge in [-0.3, -0.25) is 9.59 Å². The number of carbonyl (C=O) groups is 2. The van der Waals surface area contributed by atoms with E-state index in [2.05, 4.69) is 4.99 Å². The second kappa shape index (κ2) is 8.44. The number of thiazole rings is 1. The summed E-state index contributed by atoms with van der Waals surface area (Å²) in [5.41, 5.74) is 0.867. The molecule has 1 aromatic heterocycles. The van der Waals surface area contributed by atoms with E-state index in [1.165, 1.54) is 29.5 Å². The standard InChI is InChI=1S/C18H13Cl3N2O3S/c1-2-26-15(24)9-23-16-13(21)4-3-5-14(16)27-18(23)22-17(25)10-6-11(19)8-12(20)7-10/h3-8H,2,9H2,1H3. The summed E-state index contributed by atoms with van der Waals surface area (Å²) in [4.78, 5) is 29.1. The minimum absolute atomic E-state index is 0.111. The summed E-state index contributed by atoms with van der Waals surface area (Å²) in [5, 5.41) is 1.12. The predicted octanol–water partition coefficient (Wildman–Crippen LogP) is 4.97. The van der Waals surface area contributed by atoms with Gasteiger partial charge >= 0.3 is 5.97 Å². The molecule has 2 aromatic carbocycles. The number of esters is 1. The smallest absolute Gasteiger partial charge is 0.326 e. The van der Waals surface area contributed by atoms with Gasteiger partial charge < -0.3 is 9.30 Å². The Kier molecular flexibility index (Phi) is 6.22. The largest absolute Gasteiger partial charge is 0.465 e. The molecule has 0 aliphatic carbocycles. The highest BCUT2D eigenvalue weighted by Crippen LogP contribution is 2.25. The zero-order valence-electron chi connectivity index (χ0n) is 14.0. The van der Waals surface area contributed by atoms with Crippen molar-refractivity contribution in [2.24, 2.45) is 4.99 Å². The highest BCUT2D eigenvalue weighted by atomic mass is 35.5. The van der Waals surface area contributed by atoms with E-state index in [0.717, 1.165) is 4.70 Å². The Labute approximate surface area is 173 Å². The van der Waals surface area contributed by atoms with Crippen LogP contribution in [0.1, 0.15) is 17.3 Å². The molecule has 0 radical (unpaired) electrons. The van der Waals surface area contributed by atoms with Crippen molar-refractivity contribution in [3.63, 3.8) is 0 Å². The minimum Gasteiger partial charge on any atom is -0.465 e. The summed E-state index contributed by atoms with van der Waals surface area (Å²) in [6, 6.07) is 9.83. The average Bonchev–Trinajstić information content (AvgIpc) is 2.92. The summed E-state index contributed by atoms with van der Waals surface area (Å²) in [7, 11) is 0. The molecule has 3 aromatic rings. The SMILES string of the molecule is CCOC(=O)Cn1c(=NC(=O)c2cc(Cl)cc(Cl)c2)sc2cccc(Cl)c21. The van der Waals surface area contributed by atoms with Gasteiger partial charge in [0.25, 0.3) is 5.91 Å². The van der Waals surface area contributed by atoms with E-state index in [-0.39, 0.29) is 18.7 Å². The summed E-state index contributed by atoms with van der Waals surface area (Å²) >= 11 is 19.5. The first-order valence-corrected chi connectivity index (χ1v) is 9.82. The number of nitrogens with zero attached hydrogens (tertiary/aromatic N) is 2. The Bertz CT molecular complexity index is 1080. The zero-order chi connectivity index (χ0) is 19.6. The summed E-state index contributed by atoms with van der Waals surface area (Å²) in [5.74, 6) is -0.975. The third-order valence-electron chi connectivity index (χ3n) is 3.55. The van der Waals surface area contributed by atoms with Crippen molar-refractivity contribution in [2.45, 2.75) is 13.5 Å². The van der Waals surface area contributed by atoms with E-state index in [9.17, 15) is 9.59 Å².